The van der Waals surface area contributed by atoms with Gasteiger partial charge in [-0.25, -0.2) is 0 Å². The maximum Gasteiger partial charge on any atom is 0.0499 e. The first-order valence-electron chi connectivity index (χ1n) is 4.54. The Kier molecular flexibility index (Phi) is 5.43. The molecule has 0 heterocycles. The van der Waals surface area contributed by atoms with Crippen LogP contribution in [0.4, 0.5) is 0 Å². The largest absolute Gasteiger partial charge is 0.298 e. The van der Waals surface area contributed by atoms with Crippen molar-refractivity contribution in [1.82, 2.24) is 5.01 Å². The van der Waals surface area contributed by atoms with Gasteiger partial charge in [0.05, 0.1) is 0 Å². The van der Waals surface area contributed by atoms with Gasteiger partial charge in [-0.15, -0.1) is 0 Å². The van der Waals surface area contributed by atoms with Crippen molar-refractivity contribution in [2.45, 2.75) is 34.6 Å². The van der Waals surface area contributed by atoms with E-state index in [1.807, 2.05) is 11.2 Å². The molecule has 0 bridgehead atoms. The average Bonchev–Trinajstić information content (AvgIpc) is 2.05. The molecule has 2 heteroatoms. The molecule has 0 aliphatic rings. The van der Waals surface area contributed by atoms with Crippen molar-refractivity contribution in [2.24, 2.45) is 5.10 Å². The molecular formula is C10H20N2. The third kappa shape index (κ3) is 4.16. The number of allylic oxidation sites excluding steroid dienone is 2. The predicted molar refractivity (Wildman–Crippen MR) is 55.5 cm³/mol. The second-order valence-corrected chi connectivity index (χ2v) is 3.07. The first kappa shape index (κ1) is 11.2. The Morgan fingerprint density at radius 2 is 1.67 bits per heavy atom. The summed E-state index contributed by atoms with van der Waals surface area (Å²) in [6, 6.07) is 0. The molecule has 12 heavy (non-hydrogen) atoms. The number of rotatable bonds is 4. The van der Waals surface area contributed by atoms with Crippen molar-refractivity contribution in [3.63, 3.8) is 0 Å². The maximum atomic E-state index is 4.33. The Morgan fingerprint density at radius 1 is 1.17 bits per heavy atom. The summed E-state index contributed by atoms with van der Waals surface area (Å²) in [5.41, 5.74) is 2.58. The normalized spacial score (nSPS) is 10.4. The molecule has 0 fully saturated rings. The molecular weight excluding hydrogens is 148 g/mol. The monoisotopic (exact) mass is 168 g/mol. The second-order valence-electron chi connectivity index (χ2n) is 3.07. The lowest BCUT2D eigenvalue weighted by molar-refractivity contribution is 0.323. The highest BCUT2D eigenvalue weighted by molar-refractivity contribution is 5.78. The highest BCUT2D eigenvalue weighted by atomic mass is 15.4. The zero-order valence-electron chi connectivity index (χ0n) is 8.89. The molecule has 2 nitrogen and oxygen atoms in total. The smallest absolute Gasteiger partial charge is 0.0499 e. The number of nitrogens with zero attached hydrogens (tertiary/aromatic N) is 2. The van der Waals surface area contributed by atoms with E-state index < -0.39 is 0 Å². The topological polar surface area (TPSA) is 15.6 Å². The molecule has 0 aliphatic carbocycles. The summed E-state index contributed by atoms with van der Waals surface area (Å²) in [6.45, 7) is 12.5. The molecule has 0 saturated carbocycles. The number of hydrogen-bond donors (Lipinski definition) is 0. The molecule has 0 aliphatic heterocycles. The minimum atomic E-state index is 0.975. The molecule has 0 radical (unpaired) electrons. The first-order chi connectivity index (χ1) is 5.61. The first-order valence-corrected chi connectivity index (χ1v) is 4.54. The van der Waals surface area contributed by atoms with E-state index in [0.29, 0.717) is 0 Å². The van der Waals surface area contributed by atoms with Crippen LogP contribution in [-0.2, 0) is 0 Å². The van der Waals surface area contributed by atoms with Gasteiger partial charge < -0.3 is 0 Å². The summed E-state index contributed by atoms with van der Waals surface area (Å²) in [4.78, 5) is 0. The van der Waals surface area contributed by atoms with Crippen LogP contribution in [0.5, 0.6) is 0 Å². The van der Waals surface area contributed by atoms with Crippen molar-refractivity contribution in [3.05, 3.63) is 11.1 Å². The SMILES string of the molecule is CCN(CC)/N=C\C(C)=C(C)C. The van der Waals surface area contributed by atoms with Crippen LogP contribution in [0.3, 0.4) is 0 Å². The molecule has 0 atom stereocenters. The summed E-state index contributed by atoms with van der Waals surface area (Å²) >= 11 is 0. The molecule has 0 rings (SSSR count). The Morgan fingerprint density at radius 3 is 2.00 bits per heavy atom. The molecule has 0 saturated heterocycles. The summed E-state index contributed by atoms with van der Waals surface area (Å²) in [7, 11) is 0. The van der Waals surface area contributed by atoms with Gasteiger partial charge in [0, 0.05) is 19.3 Å². The molecule has 0 spiro atoms. The van der Waals surface area contributed by atoms with Crippen LogP contribution in [0.2, 0.25) is 0 Å². The Bertz CT molecular complexity index is 172. The van der Waals surface area contributed by atoms with Gasteiger partial charge in [0.15, 0.2) is 0 Å². The fourth-order valence-corrected chi connectivity index (χ4v) is 0.684. The quantitative estimate of drug-likeness (QED) is 0.465. The van der Waals surface area contributed by atoms with Gasteiger partial charge in [-0.05, 0) is 40.2 Å². The fourth-order valence-electron chi connectivity index (χ4n) is 0.684. The van der Waals surface area contributed by atoms with Gasteiger partial charge >= 0.3 is 0 Å². The lowest BCUT2D eigenvalue weighted by Gasteiger charge is -2.13. The molecule has 0 unspecified atom stereocenters. The molecule has 70 valence electrons. The van der Waals surface area contributed by atoms with E-state index in [1.165, 1.54) is 11.1 Å². The highest BCUT2D eigenvalue weighted by Crippen LogP contribution is 1.98. The van der Waals surface area contributed by atoms with Crippen LogP contribution >= 0.6 is 0 Å². The maximum absolute atomic E-state index is 4.33. The van der Waals surface area contributed by atoms with Gasteiger partial charge in [0.25, 0.3) is 0 Å². The van der Waals surface area contributed by atoms with E-state index in [-0.39, 0.29) is 0 Å². The zero-order chi connectivity index (χ0) is 9.56. The van der Waals surface area contributed by atoms with Crippen LogP contribution in [0, 0.1) is 0 Å². The van der Waals surface area contributed by atoms with E-state index in [4.69, 9.17) is 0 Å². The van der Waals surface area contributed by atoms with Gasteiger partial charge in [-0.2, -0.15) is 5.10 Å². The van der Waals surface area contributed by atoms with Crippen molar-refractivity contribution in [1.29, 1.82) is 0 Å². The summed E-state index contributed by atoms with van der Waals surface area (Å²) in [6.07, 6.45) is 1.93. The van der Waals surface area contributed by atoms with E-state index >= 15 is 0 Å². The van der Waals surface area contributed by atoms with Crippen molar-refractivity contribution in [2.75, 3.05) is 13.1 Å². The van der Waals surface area contributed by atoms with Crippen LogP contribution in [0.1, 0.15) is 34.6 Å². The summed E-state index contributed by atoms with van der Waals surface area (Å²) < 4.78 is 0. The molecule has 0 N–H and O–H groups in total. The van der Waals surface area contributed by atoms with Crippen LogP contribution in [0.15, 0.2) is 16.2 Å². The zero-order valence-corrected chi connectivity index (χ0v) is 8.89. The molecule has 0 aromatic carbocycles. The number of hydrogen-bond acceptors (Lipinski definition) is 2. The predicted octanol–water partition coefficient (Wildman–Crippen LogP) is 2.67. The van der Waals surface area contributed by atoms with Gasteiger partial charge in [0.2, 0.25) is 0 Å². The van der Waals surface area contributed by atoms with Gasteiger partial charge in [-0.3, -0.25) is 5.01 Å². The van der Waals surface area contributed by atoms with Gasteiger partial charge in [-0.1, -0.05) is 5.57 Å². The third-order valence-corrected chi connectivity index (χ3v) is 1.93. The van der Waals surface area contributed by atoms with E-state index in [9.17, 15) is 0 Å². The van der Waals surface area contributed by atoms with Crippen molar-refractivity contribution >= 4 is 6.21 Å². The Hall–Kier alpha value is -0.790. The van der Waals surface area contributed by atoms with Crippen LogP contribution in [0.25, 0.3) is 0 Å². The van der Waals surface area contributed by atoms with E-state index in [2.05, 4.69) is 39.7 Å². The van der Waals surface area contributed by atoms with Crippen LogP contribution in [-0.4, -0.2) is 24.3 Å². The summed E-state index contributed by atoms with van der Waals surface area (Å²) in [5.74, 6) is 0. The lowest BCUT2D eigenvalue weighted by atomic mass is 10.2. The van der Waals surface area contributed by atoms with Crippen molar-refractivity contribution < 1.29 is 0 Å². The molecule has 0 aromatic heterocycles. The van der Waals surface area contributed by atoms with E-state index in [1.54, 1.807) is 0 Å². The molecule has 0 aromatic rings. The second kappa shape index (κ2) is 5.81. The third-order valence-electron chi connectivity index (χ3n) is 1.93. The fraction of sp³-hybridized carbons (Fsp3) is 0.700. The van der Waals surface area contributed by atoms with E-state index in [0.717, 1.165) is 13.1 Å². The Balaban J connectivity index is 4.13. The van der Waals surface area contributed by atoms with Crippen LogP contribution < -0.4 is 0 Å². The lowest BCUT2D eigenvalue weighted by Crippen LogP contribution is -2.15. The Labute approximate surface area is 76.0 Å². The number of hydrazone groups is 1. The standard InChI is InChI=1S/C10H20N2/c1-6-12(7-2)11-8-10(5)9(3)4/h8H,6-7H2,1-5H3/b11-8-. The minimum Gasteiger partial charge on any atom is -0.298 e. The van der Waals surface area contributed by atoms with Gasteiger partial charge in [0.1, 0.15) is 0 Å². The molecule has 0 amide bonds. The minimum absolute atomic E-state index is 0.975. The average molecular weight is 168 g/mol. The summed E-state index contributed by atoms with van der Waals surface area (Å²) in [5, 5.41) is 6.37. The highest BCUT2D eigenvalue weighted by Gasteiger charge is 1.91. The van der Waals surface area contributed by atoms with Crippen molar-refractivity contribution in [3.8, 4) is 0 Å².